The fourth-order valence-electron chi connectivity index (χ4n) is 20.9. The van der Waals surface area contributed by atoms with Crippen LogP contribution in [-0.2, 0) is 32.3 Å². The predicted molar refractivity (Wildman–Crippen MR) is 362 cm³/mol. The molecule has 1 saturated heterocycles. The summed E-state index contributed by atoms with van der Waals surface area (Å²) in [7, 11) is 4.03. The minimum Gasteiger partial charge on any atom is -0.504 e. The van der Waals surface area contributed by atoms with Crippen LogP contribution in [0.25, 0.3) is 0 Å². The maximum absolute atomic E-state index is 11.9. The monoisotopic (exact) mass is 1250 g/mol. The Morgan fingerprint density at radius 1 is 0.820 bits per heavy atom. The molecule has 3 spiro atoms. The predicted octanol–water partition coefficient (Wildman–Crippen LogP) is 14.1. The fraction of sp³-hybridized carbons (Fsp3) is 0.693. The van der Waals surface area contributed by atoms with Gasteiger partial charge in [-0.1, -0.05) is 116 Å². The third kappa shape index (κ3) is 13.5. The summed E-state index contributed by atoms with van der Waals surface area (Å²) >= 11 is 0. The molecule has 4 aromatic rings. The second-order valence-corrected chi connectivity index (χ2v) is 33.0. The third-order valence-corrected chi connectivity index (χ3v) is 27.9. The number of phenolic OH excluding ortho intramolecular Hbond substituents is 1. The number of phenols is 1. The molecule has 14 rings (SSSR count). The first-order chi connectivity index (χ1) is 43.3. The van der Waals surface area contributed by atoms with Gasteiger partial charge in [-0.3, -0.25) is 0 Å². The Hall–Kier alpha value is -3.89. The van der Waals surface area contributed by atoms with Gasteiger partial charge in [0.1, 0.15) is 24.2 Å². The molecule has 2 aromatic carbocycles. The molecule has 6 saturated carbocycles. The van der Waals surface area contributed by atoms with Gasteiger partial charge in [-0.15, -0.1) is 0 Å². The van der Waals surface area contributed by atoms with E-state index in [4.69, 9.17) is 25.6 Å². The van der Waals surface area contributed by atoms with Crippen molar-refractivity contribution in [1.82, 2.24) is 15.6 Å². The zero-order valence-corrected chi connectivity index (χ0v) is 55.4. The topological polar surface area (TPSA) is 208 Å². The highest BCUT2D eigenvalue weighted by molar-refractivity contribution is 8.76. The number of hydrogen-bond acceptors (Lipinski definition) is 11. The maximum atomic E-state index is 11.9. The minimum atomic E-state index is -0.916. The Balaban J connectivity index is 0.609. The first-order valence-electron chi connectivity index (χ1n) is 35.6. The number of furan rings is 1. The summed E-state index contributed by atoms with van der Waals surface area (Å²) in [5.74, 6) is 10.4. The van der Waals surface area contributed by atoms with Crippen LogP contribution in [0.1, 0.15) is 218 Å². The molecule has 12 nitrogen and oxygen atoms in total. The molecule has 0 amide bonds. The molecular weight excluding hydrogens is 1140 g/mol. The molecule has 10 aliphatic rings. The van der Waals surface area contributed by atoms with E-state index in [1.807, 2.05) is 46.7 Å². The van der Waals surface area contributed by atoms with E-state index in [1.54, 1.807) is 6.07 Å². The summed E-state index contributed by atoms with van der Waals surface area (Å²) in [6, 6.07) is 21.7. The lowest BCUT2D eigenvalue weighted by Gasteiger charge is -2.52. The molecule has 11 N–H and O–H groups in total. The molecule has 9 aliphatic carbocycles. The van der Waals surface area contributed by atoms with Gasteiger partial charge in [0.05, 0.1) is 18.8 Å². The average Bonchev–Trinajstić information content (AvgIpc) is 1.54. The summed E-state index contributed by atoms with van der Waals surface area (Å²) in [6.45, 7) is 5.57. The van der Waals surface area contributed by atoms with Gasteiger partial charge in [0.25, 0.3) is 0 Å². The molecule has 2 aromatic heterocycles. The van der Waals surface area contributed by atoms with E-state index in [9.17, 15) is 20.4 Å². The van der Waals surface area contributed by atoms with Gasteiger partial charge in [0.15, 0.2) is 17.5 Å². The first kappa shape index (κ1) is 63.8. The SMILES string of the molecule is C[C@H](O)CNC[C@H]1c2cc([C@@H](O)COc3cc(CCc4cc(CO)c(CC[C@@H]5CC[C@H]6[C@H]7CSSC[C@@H](N=C(N)N[C@@H]8CCC9(CCCC9)[C@@H](CCc9ccccc9)C8)[C@@H](C)CC[C@H]6[C@H](C5)C[C@H]7N)o4)ccc3O)[nH]c2[C@H]2C=C[C@@]13CCC[C@@H]3C21CCCC1. The quantitative estimate of drug-likeness (QED) is 0.0175. The van der Waals surface area contributed by atoms with Gasteiger partial charge in [0.2, 0.25) is 0 Å². The Bertz CT molecular complexity index is 3040. The van der Waals surface area contributed by atoms with E-state index in [1.165, 1.54) is 145 Å². The van der Waals surface area contributed by atoms with Crippen molar-refractivity contribution in [1.29, 1.82) is 0 Å². The van der Waals surface area contributed by atoms with Gasteiger partial charge < -0.3 is 56.7 Å². The second kappa shape index (κ2) is 28.0. The number of guanidine groups is 1. The lowest BCUT2D eigenvalue weighted by atomic mass is 9.52. The van der Waals surface area contributed by atoms with E-state index in [2.05, 4.69) is 71.1 Å². The van der Waals surface area contributed by atoms with E-state index in [0.29, 0.717) is 89.9 Å². The van der Waals surface area contributed by atoms with Crippen LogP contribution in [0, 0.1) is 63.6 Å². The molecule has 89 heavy (non-hydrogen) atoms. The molecule has 1 aliphatic heterocycles. The van der Waals surface area contributed by atoms with E-state index >= 15 is 0 Å². The number of aliphatic hydroxyl groups excluding tert-OH is 3. The van der Waals surface area contributed by atoms with Crippen molar-refractivity contribution < 1.29 is 29.6 Å². The Morgan fingerprint density at radius 2 is 1.63 bits per heavy atom. The number of aromatic hydroxyl groups is 1. The van der Waals surface area contributed by atoms with Crippen molar-refractivity contribution >= 4 is 27.5 Å². The van der Waals surface area contributed by atoms with Crippen molar-refractivity contribution in [2.45, 2.75) is 230 Å². The van der Waals surface area contributed by atoms with E-state index in [0.717, 1.165) is 78.0 Å². The van der Waals surface area contributed by atoms with Gasteiger partial charge in [0, 0.05) is 78.3 Å². The van der Waals surface area contributed by atoms with Crippen LogP contribution in [0.5, 0.6) is 11.5 Å². The summed E-state index contributed by atoms with van der Waals surface area (Å²) in [5, 5.41) is 51.2. The van der Waals surface area contributed by atoms with Gasteiger partial charge in [-0.2, -0.15) is 0 Å². The van der Waals surface area contributed by atoms with Gasteiger partial charge in [-0.25, -0.2) is 4.99 Å². The van der Waals surface area contributed by atoms with Crippen molar-refractivity contribution in [3.8, 4) is 11.5 Å². The summed E-state index contributed by atoms with van der Waals surface area (Å²) in [6.07, 6.45) is 34.6. The zero-order chi connectivity index (χ0) is 61.3. The number of hydrogen-bond donors (Lipinski definition) is 9. The van der Waals surface area contributed by atoms with Crippen LogP contribution >= 0.6 is 21.6 Å². The molecule has 14 heteroatoms. The Labute approximate surface area is 540 Å². The number of aryl methyl sites for hydroxylation is 4. The number of rotatable bonds is 20. The largest absolute Gasteiger partial charge is 0.504 e. The molecule has 16 atom stereocenters. The lowest BCUT2D eigenvalue weighted by molar-refractivity contribution is 0.0440. The highest BCUT2D eigenvalue weighted by atomic mass is 33.1. The Kier molecular flexibility index (Phi) is 20.1. The number of nitrogens with two attached hydrogens (primary N) is 2. The number of H-pyrrole nitrogens is 1. The third-order valence-electron chi connectivity index (χ3n) is 25.4. The van der Waals surface area contributed by atoms with Gasteiger partial charge >= 0.3 is 0 Å². The lowest BCUT2D eigenvalue weighted by Crippen LogP contribution is -2.48. The van der Waals surface area contributed by atoms with Crippen LogP contribution in [0.15, 0.2) is 82.2 Å². The van der Waals surface area contributed by atoms with E-state index in [-0.39, 0.29) is 47.8 Å². The number of benzene rings is 2. The van der Waals surface area contributed by atoms with Crippen LogP contribution in [0.4, 0.5) is 0 Å². The highest BCUT2D eigenvalue weighted by Gasteiger charge is 2.64. The summed E-state index contributed by atoms with van der Waals surface area (Å²) in [5.41, 5.74) is 21.7. The standard InChI is InChI=1S/C75H108N6O6S2/c1-47-14-22-57-52-35-50(17-23-58(57)60(63(76)38-52)45-88-89-46-65(47)81-72(77)79-55-26-33-73(28-6-7-29-73)54(39-55)20-15-49-11-4-3-5-12-49)19-25-68-53(43-82)37-56(87-68)21-16-51-18-24-66(84)69(36-51)86-44-67(85)64-40-59-62(42-78-41-48(2)83)75-32-10-13-70(75)74(30-8-9-31-74)61(27-34-75)71(59)80-64/h3-5,11-12,18,24,27,34,36-37,40,47-48,50,52,54-55,57-58,60-63,65,67,70,78,80,82-85H,6-10,13-17,19-23,25-26,28-33,35,38-39,41-46,76H2,1-2H3,(H3,77,79,81)/t47-,48-,50-,52+,54-,55+,57-,58+,60+,61+,62-,63+,65+,67-,70+,75-/m0/s1. The Morgan fingerprint density at radius 3 is 2.45 bits per heavy atom. The maximum Gasteiger partial charge on any atom is 0.189 e. The number of nitrogens with zero attached hydrogens (tertiary/aromatic N) is 1. The number of nitrogens with one attached hydrogen (secondary N) is 3. The zero-order valence-electron chi connectivity index (χ0n) is 53.7. The fourth-order valence-corrected chi connectivity index (χ4v) is 23.8. The van der Waals surface area contributed by atoms with Gasteiger partial charge in [-0.05, 0) is 227 Å². The van der Waals surface area contributed by atoms with Crippen molar-refractivity contribution in [3.05, 3.63) is 118 Å². The van der Waals surface area contributed by atoms with Crippen LogP contribution in [0.2, 0.25) is 0 Å². The molecule has 0 unspecified atom stereocenters. The van der Waals surface area contributed by atoms with Crippen LogP contribution in [0.3, 0.4) is 0 Å². The smallest absolute Gasteiger partial charge is 0.189 e. The molecule has 0 radical (unpaired) electrons. The molecule has 486 valence electrons. The number of aliphatic hydroxyl groups is 3. The number of aromatic amines is 1. The first-order valence-corrected chi connectivity index (χ1v) is 38.1. The van der Waals surface area contributed by atoms with Crippen molar-refractivity contribution in [2.75, 3.05) is 31.2 Å². The molecule has 6 bridgehead atoms. The summed E-state index contributed by atoms with van der Waals surface area (Å²) in [4.78, 5) is 9.16. The number of ether oxygens (including phenoxy) is 1. The molecule has 3 heterocycles. The second-order valence-electron chi connectivity index (χ2n) is 30.4. The van der Waals surface area contributed by atoms with Crippen LogP contribution < -0.4 is 26.8 Å². The van der Waals surface area contributed by atoms with E-state index < -0.39 is 12.2 Å². The normalized spacial score (nSPS) is 33.7. The van der Waals surface area contributed by atoms with Crippen molar-refractivity contribution in [3.63, 3.8) is 0 Å². The molecule has 7 fully saturated rings. The van der Waals surface area contributed by atoms with Crippen LogP contribution in [-0.4, -0.2) is 86.8 Å². The number of aliphatic imine (C=N–C) groups is 1. The molecular formula is C75H108N6O6S2. The average molecular weight is 1250 g/mol. The summed E-state index contributed by atoms with van der Waals surface area (Å²) < 4.78 is 12.9. The highest BCUT2D eigenvalue weighted by Crippen LogP contribution is 2.72. The minimum absolute atomic E-state index is 0.00194. The number of aromatic nitrogens is 1. The number of allylic oxidation sites excluding steroid dienone is 2. The van der Waals surface area contributed by atoms with Crippen molar-refractivity contribution in [2.24, 2.45) is 80.0 Å².